The molecule has 4 nitrogen and oxygen atoms in total. The maximum Gasteiger partial charge on any atom is 0.248 e. The fourth-order valence-corrected chi connectivity index (χ4v) is 1.70. The lowest BCUT2D eigenvalue weighted by Crippen LogP contribution is -2.12. The first-order valence-corrected chi connectivity index (χ1v) is 5.92. The van der Waals surface area contributed by atoms with Crippen molar-refractivity contribution in [2.45, 2.75) is 6.54 Å². The van der Waals surface area contributed by atoms with Gasteiger partial charge in [-0.25, -0.2) is 4.39 Å². The summed E-state index contributed by atoms with van der Waals surface area (Å²) in [6.07, 6.45) is 0. The van der Waals surface area contributed by atoms with Crippen LogP contribution >= 0.6 is 0 Å². The molecular weight excluding hydrogens is 257 g/mol. The highest BCUT2D eigenvalue weighted by molar-refractivity contribution is 5.92. The molecule has 5 heteroatoms. The van der Waals surface area contributed by atoms with Crippen molar-refractivity contribution in [3.8, 4) is 6.07 Å². The van der Waals surface area contributed by atoms with E-state index in [1.807, 2.05) is 6.07 Å². The molecule has 20 heavy (non-hydrogen) atoms. The summed E-state index contributed by atoms with van der Waals surface area (Å²) in [5, 5.41) is 11.7. The predicted octanol–water partition coefficient (Wildman–Crippen LogP) is 2.41. The molecule has 0 unspecified atom stereocenters. The van der Waals surface area contributed by atoms with Crippen molar-refractivity contribution in [2.75, 3.05) is 5.32 Å². The van der Waals surface area contributed by atoms with Crippen molar-refractivity contribution in [1.29, 1.82) is 5.26 Å². The lowest BCUT2D eigenvalue weighted by Gasteiger charge is -2.08. The first-order chi connectivity index (χ1) is 9.60. The SMILES string of the molecule is N#Cc1ccc(NCc2ccc(C(N)=O)cc2F)cc1. The number of benzene rings is 2. The minimum absolute atomic E-state index is 0.143. The Bertz CT molecular complexity index is 675. The van der Waals surface area contributed by atoms with Crippen LogP contribution in [0, 0.1) is 17.1 Å². The second kappa shape index (κ2) is 5.85. The van der Waals surface area contributed by atoms with Gasteiger partial charge in [0, 0.05) is 23.4 Å². The van der Waals surface area contributed by atoms with Gasteiger partial charge < -0.3 is 11.1 Å². The Balaban J connectivity index is 2.07. The number of nitrogens with zero attached hydrogens (tertiary/aromatic N) is 1. The third-order valence-corrected chi connectivity index (χ3v) is 2.83. The molecule has 0 saturated carbocycles. The summed E-state index contributed by atoms with van der Waals surface area (Å²) in [6.45, 7) is 0.275. The van der Waals surface area contributed by atoms with Gasteiger partial charge in [-0.15, -0.1) is 0 Å². The summed E-state index contributed by atoms with van der Waals surface area (Å²) in [6, 6.07) is 13.0. The number of hydrogen-bond donors (Lipinski definition) is 2. The van der Waals surface area contributed by atoms with E-state index in [1.165, 1.54) is 12.1 Å². The minimum Gasteiger partial charge on any atom is -0.381 e. The summed E-state index contributed by atoms with van der Waals surface area (Å²) in [5.74, 6) is -1.14. The Kier molecular flexibility index (Phi) is 3.96. The number of nitriles is 1. The Morgan fingerprint density at radius 2 is 1.95 bits per heavy atom. The number of amides is 1. The predicted molar refractivity (Wildman–Crippen MR) is 73.4 cm³/mol. The topological polar surface area (TPSA) is 78.9 Å². The van der Waals surface area contributed by atoms with E-state index in [2.05, 4.69) is 5.32 Å². The van der Waals surface area contributed by atoms with Crippen LogP contribution in [-0.4, -0.2) is 5.91 Å². The number of primary amides is 1. The van der Waals surface area contributed by atoms with Crippen LogP contribution in [0.25, 0.3) is 0 Å². The molecule has 0 radical (unpaired) electrons. The van der Waals surface area contributed by atoms with E-state index in [1.54, 1.807) is 24.3 Å². The van der Waals surface area contributed by atoms with E-state index >= 15 is 0 Å². The number of hydrogen-bond acceptors (Lipinski definition) is 3. The van der Waals surface area contributed by atoms with E-state index in [0.29, 0.717) is 11.1 Å². The van der Waals surface area contributed by atoms with Crippen LogP contribution < -0.4 is 11.1 Å². The van der Waals surface area contributed by atoms with Crippen molar-refractivity contribution in [3.63, 3.8) is 0 Å². The molecule has 2 aromatic carbocycles. The van der Waals surface area contributed by atoms with E-state index < -0.39 is 11.7 Å². The van der Waals surface area contributed by atoms with Gasteiger partial charge in [0.25, 0.3) is 0 Å². The van der Waals surface area contributed by atoms with Crippen molar-refractivity contribution in [1.82, 2.24) is 0 Å². The molecule has 3 N–H and O–H groups in total. The number of carbonyl (C=O) groups excluding carboxylic acids is 1. The maximum absolute atomic E-state index is 13.7. The molecule has 0 aliphatic rings. The minimum atomic E-state index is -0.657. The molecule has 2 rings (SSSR count). The second-order valence-corrected chi connectivity index (χ2v) is 4.21. The first-order valence-electron chi connectivity index (χ1n) is 5.92. The highest BCUT2D eigenvalue weighted by Crippen LogP contribution is 2.14. The van der Waals surface area contributed by atoms with Crippen molar-refractivity contribution in [3.05, 3.63) is 65.0 Å². The van der Waals surface area contributed by atoms with Crippen molar-refractivity contribution in [2.24, 2.45) is 5.73 Å². The lowest BCUT2D eigenvalue weighted by molar-refractivity contribution is 0.1000. The van der Waals surface area contributed by atoms with Crippen LogP contribution in [-0.2, 0) is 6.54 Å². The normalized spacial score (nSPS) is 9.80. The highest BCUT2D eigenvalue weighted by Gasteiger charge is 2.06. The summed E-state index contributed by atoms with van der Waals surface area (Å²) < 4.78 is 13.7. The first kappa shape index (κ1) is 13.6. The average molecular weight is 269 g/mol. The number of halogens is 1. The lowest BCUT2D eigenvalue weighted by atomic mass is 10.1. The van der Waals surface area contributed by atoms with Gasteiger partial charge in [0.15, 0.2) is 0 Å². The second-order valence-electron chi connectivity index (χ2n) is 4.21. The molecule has 0 spiro atoms. The Hall–Kier alpha value is -2.87. The summed E-state index contributed by atoms with van der Waals surface area (Å²) in [7, 11) is 0. The quantitative estimate of drug-likeness (QED) is 0.894. The number of rotatable bonds is 4. The van der Waals surface area contributed by atoms with Gasteiger partial charge in [0.1, 0.15) is 5.82 Å². The van der Waals surface area contributed by atoms with Crippen LogP contribution in [0.1, 0.15) is 21.5 Å². The molecule has 0 fully saturated rings. The zero-order chi connectivity index (χ0) is 14.5. The van der Waals surface area contributed by atoms with Crippen molar-refractivity contribution < 1.29 is 9.18 Å². The Labute approximate surface area is 115 Å². The van der Waals surface area contributed by atoms with Gasteiger partial charge in [-0.3, -0.25) is 4.79 Å². The van der Waals surface area contributed by atoms with Crippen LogP contribution in [0.5, 0.6) is 0 Å². The zero-order valence-electron chi connectivity index (χ0n) is 10.6. The molecule has 1 amide bonds. The van der Waals surface area contributed by atoms with Crippen molar-refractivity contribution >= 4 is 11.6 Å². The Morgan fingerprint density at radius 3 is 2.50 bits per heavy atom. The smallest absolute Gasteiger partial charge is 0.248 e. The fourth-order valence-electron chi connectivity index (χ4n) is 1.70. The maximum atomic E-state index is 13.7. The molecule has 0 saturated heterocycles. The van der Waals surface area contributed by atoms with E-state index in [9.17, 15) is 9.18 Å². The molecule has 0 aromatic heterocycles. The van der Waals surface area contributed by atoms with E-state index in [-0.39, 0.29) is 12.1 Å². The standard InChI is InChI=1S/C15H12FN3O/c16-14-7-11(15(18)20)3-4-12(14)9-19-13-5-1-10(8-17)2-6-13/h1-7,19H,9H2,(H2,18,20). The number of nitrogens with two attached hydrogens (primary N) is 1. The van der Waals surface area contributed by atoms with Crippen LogP contribution in [0.2, 0.25) is 0 Å². The fraction of sp³-hybridized carbons (Fsp3) is 0.0667. The zero-order valence-corrected chi connectivity index (χ0v) is 10.6. The largest absolute Gasteiger partial charge is 0.381 e. The molecule has 0 aliphatic carbocycles. The molecule has 100 valence electrons. The summed E-state index contributed by atoms with van der Waals surface area (Å²) in [4.78, 5) is 10.9. The molecule has 0 atom stereocenters. The molecule has 0 aliphatic heterocycles. The number of nitrogens with one attached hydrogen (secondary N) is 1. The highest BCUT2D eigenvalue weighted by atomic mass is 19.1. The monoisotopic (exact) mass is 269 g/mol. The molecule has 2 aromatic rings. The van der Waals surface area contributed by atoms with Gasteiger partial charge in [0.05, 0.1) is 11.6 Å². The Morgan fingerprint density at radius 1 is 1.25 bits per heavy atom. The molecular formula is C15H12FN3O. The number of anilines is 1. The van der Waals surface area contributed by atoms with Crippen LogP contribution in [0.15, 0.2) is 42.5 Å². The van der Waals surface area contributed by atoms with Gasteiger partial charge in [-0.1, -0.05) is 6.07 Å². The van der Waals surface area contributed by atoms with Gasteiger partial charge >= 0.3 is 0 Å². The van der Waals surface area contributed by atoms with Crippen LogP contribution in [0.4, 0.5) is 10.1 Å². The van der Waals surface area contributed by atoms with Gasteiger partial charge in [-0.2, -0.15) is 5.26 Å². The summed E-state index contributed by atoms with van der Waals surface area (Å²) >= 11 is 0. The third kappa shape index (κ3) is 3.12. The van der Waals surface area contributed by atoms with E-state index in [0.717, 1.165) is 11.8 Å². The molecule has 0 bridgehead atoms. The van der Waals surface area contributed by atoms with Crippen LogP contribution in [0.3, 0.4) is 0 Å². The van der Waals surface area contributed by atoms with Gasteiger partial charge in [0.2, 0.25) is 5.91 Å². The summed E-state index contributed by atoms with van der Waals surface area (Å²) in [5.41, 5.74) is 6.99. The molecule has 0 heterocycles. The van der Waals surface area contributed by atoms with Gasteiger partial charge in [-0.05, 0) is 36.4 Å². The average Bonchev–Trinajstić information content (AvgIpc) is 2.46. The van der Waals surface area contributed by atoms with E-state index in [4.69, 9.17) is 11.0 Å². The number of carbonyl (C=O) groups is 1. The third-order valence-electron chi connectivity index (χ3n) is 2.83.